The molecular weight excluding hydrogens is 833 g/mol. The molecule has 0 bridgehead atoms. The molecule has 3 saturated heterocycles. The molecule has 0 amide bonds. The van der Waals surface area contributed by atoms with E-state index in [1.54, 1.807) is 44.5 Å². The number of methoxy groups -OCH3 is 3. The third kappa shape index (κ3) is 6.85. The molecule has 6 aromatic rings. The Kier molecular flexibility index (Phi) is 10.8. The summed E-state index contributed by atoms with van der Waals surface area (Å²) in [7, 11) is 4.52. The van der Waals surface area contributed by atoms with Crippen LogP contribution in [-0.4, -0.2) is 110 Å². The standard InChI is InChI=1S/C29H32O13.C18H16N2O2/c1-11-36-9-20-27(40-11)24(31)25(32)29(41-20)42-26-14-7-17-16(38-10-39-17)6-13(14)21(22-15(26)8-37-28(22)33)12-4-18(34-2)23(30)19(5-12)35-3;1-3-10-9-19-18(21)16-15-13-6-5-12(22-2)8-11(13)4-7-14(15)20-17(10)16/h4-7,11,15,20-22,24-27,29-32H,8-10H2,1-3H3;4-9,20H,3H2,1-2H3,(H,19,21)/t11-,15+,20-,21-,22+,24-,25-,26-,27-,29+;/m1./s1. The number of aromatic amines is 2. The highest BCUT2D eigenvalue weighted by molar-refractivity contribution is 6.20. The van der Waals surface area contributed by atoms with Gasteiger partial charge in [-0.15, -0.1) is 0 Å². The molecule has 64 heavy (non-hydrogen) atoms. The van der Waals surface area contributed by atoms with Crippen molar-refractivity contribution in [2.75, 3.05) is 41.3 Å². The van der Waals surface area contributed by atoms with Crippen molar-refractivity contribution in [3.05, 3.63) is 93.4 Å². The highest BCUT2D eigenvalue weighted by Gasteiger charge is 2.56. The zero-order valence-electron chi connectivity index (χ0n) is 35.6. The number of phenols is 1. The fourth-order valence-corrected chi connectivity index (χ4v) is 9.91. The molecule has 0 radical (unpaired) electrons. The minimum atomic E-state index is -1.44. The van der Waals surface area contributed by atoms with E-state index in [-0.39, 0.29) is 42.8 Å². The highest BCUT2D eigenvalue weighted by atomic mass is 16.8. The molecule has 5 aliphatic rings. The maximum absolute atomic E-state index is 13.4. The van der Waals surface area contributed by atoms with E-state index in [2.05, 4.69) is 23.0 Å². The number of aliphatic hydroxyl groups excluding tert-OH is 2. The number of ether oxygens (including phenoxy) is 10. The van der Waals surface area contributed by atoms with E-state index < -0.39 is 66.8 Å². The van der Waals surface area contributed by atoms with Crippen LogP contribution in [0, 0.1) is 11.8 Å². The van der Waals surface area contributed by atoms with Crippen molar-refractivity contribution >= 4 is 38.5 Å². The average molecular weight is 881 g/mol. The first-order chi connectivity index (χ1) is 31.0. The number of esters is 1. The highest BCUT2D eigenvalue weighted by Crippen LogP contribution is 2.57. The summed E-state index contributed by atoms with van der Waals surface area (Å²) in [5.74, 6) is -0.210. The lowest BCUT2D eigenvalue weighted by molar-refractivity contribution is -0.364. The van der Waals surface area contributed by atoms with Crippen molar-refractivity contribution in [2.45, 2.75) is 69.3 Å². The monoisotopic (exact) mass is 880 g/mol. The van der Waals surface area contributed by atoms with E-state index in [0.717, 1.165) is 50.3 Å². The number of hydrogen-bond acceptors (Lipinski definition) is 15. The molecule has 0 saturated carbocycles. The van der Waals surface area contributed by atoms with Gasteiger partial charge in [0.25, 0.3) is 5.56 Å². The Morgan fingerprint density at radius 2 is 1.58 bits per heavy atom. The van der Waals surface area contributed by atoms with Gasteiger partial charge in [0.2, 0.25) is 12.5 Å². The van der Waals surface area contributed by atoms with Gasteiger partial charge in [0.05, 0.1) is 57.5 Å². The van der Waals surface area contributed by atoms with Crippen LogP contribution in [0.5, 0.6) is 34.5 Å². The molecule has 10 atom stereocenters. The summed E-state index contributed by atoms with van der Waals surface area (Å²) in [6, 6.07) is 16.9. The predicted octanol–water partition coefficient (Wildman–Crippen LogP) is 5.07. The van der Waals surface area contributed by atoms with Crippen LogP contribution in [-0.2, 0) is 34.9 Å². The number of fused-ring (bicyclic) bond motifs is 9. The van der Waals surface area contributed by atoms with E-state index in [1.165, 1.54) is 14.2 Å². The molecule has 17 heteroatoms. The summed E-state index contributed by atoms with van der Waals surface area (Å²) in [6.45, 7) is 4.01. The first kappa shape index (κ1) is 41.9. The average Bonchev–Trinajstić information content (AvgIpc) is 4.05. The van der Waals surface area contributed by atoms with E-state index in [4.69, 9.17) is 47.4 Å². The maximum Gasteiger partial charge on any atom is 0.310 e. The summed E-state index contributed by atoms with van der Waals surface area (Å²) in [6.07, 6.45) is -4.13. The van der Waals surface area contributed by atoms with Crippen LogP contribution in [0.15, 0.2) is 65.6 Å². The van der Waals surface area contributed by atoms with Gasteiger partial charge in [-0.3, -0.25) is 9.59 Å². The van der Waals surface area contributed by atoms with E-state index in [9.17, 15) is 24.9 Å². The van der Waals surface area contributed by atoms with Gasteiger partial charge >= 0.3 is 5.97 Å². The summed E-state index contributed by atoms with van der Waals surface area (Å²) < 4.78 is 56.8. The van der Waals surface area contributed by atoms with Crippen LogP contribution in [0.25, 0.3) is 32.6 Å². The van der Waals surface area contributed by atoms with Crippen molar-refractivity contribution in [3.63, 3.8) is 0 Å². The van der Waals surface area contributed by atoms with Crippen LogP contribution in [0.4, 0.5) is 0 Å². The van der Waals surface area contributed by atoms with Crippen molar-refractivity contribution in [3.8, 4) is 34.5 Å². The topological polar surface area (TPSA) is 219 Å². The molecule has 336 valence electrons. The second-order valence-corrected chi connectivity index (χ2v) is 16.4. The summed E-state index contributed by atoms with van der Waals surface area (Å²) in [5, 5.41) is 36.4. The molecule has 2 aromatic heterocycles. The third-order valence-electron chi connectivity index (χ3n) is 13.0. The lowest BCUT2D eigenvalue weighted by Gasteiger charge is -2.47. The molecule has 11 rings (SSSR count). The summed E-state index contributed by atoms with van der Waals surface area (Å²) in [4.78, 5) is 32.0. The van der Waals surface area contributed by atoms with Gasteiger partial charge in [0, 0.05) is 28.9 Å². The van der Waals surface area contributed by atoms with Gasteiger partial charge < -0.3 is 72.7 Å². The molecule has 6 heterocycles. The van der Waals surface area contributed by atoms with Gasteiger partial charge in [0.15, 0.2) is 35.6 Å². The lowest BCUT2D eigenvalue weighted by atomic mass is 9.66. The van der Waals surface area contributed by atoms with E-state index in [0.29, 0.717) is 28.2 Å². The summed E-state index contributed by atoms with van der Waals surface area (Å²) in [5.41, 5.74) is 5.00. The lowest BCUT2D eigenvalue weighted by Crippen LogP contribution is -2.63. The zero-order chi connectivity index (χ0) is 44.6. The second-order valence-electron chi connectivity index (χ2n) is 16.4. The minimum absolute atomic E-state index is 0.0301. The number of rotatable bonds is 7. The van der Waals surface area contributed by atoms with Crippen LogP contribution in [0.3, 0.4) is 0 Å². The number of pyridine rings is 1. The molecule has 0 unspecified atom stereocenters. The number of phenolic OH excluding ortho intramolecular Hbond substituents is 1. The summed E-state index contributed by atoms with van der Waals surface area (Å²) >= 11 is 0. The maximum atomic E-state index is 13.4. The van der Waals surface area contributed by atoms with Gasteiger partial charge in [-0.05, 0) is 94.9 Å². The number of aromatic nitrogens is 2. The quantitative estimate of drug-likeness (QED) is 0.132. The van der Waals surface area contributed by atoms with E-state index in [1.807, 2.05) is 24.3 Å². The Morgan fingerprint density at radius 3 is 2.30 bits per heavy atom. The number of nitrogens with one attached hydrogen (secondary N) is 2. The fourth-order valence-electron chi connectivity index (χ4n) is 9.91. The molecule has 0 spiro atoms. The number of benzene rings is 4. The van der Waals surface area contributed by atoms with Crippen LogP contribution in [0.1, 0.15) is 48.1 Å². The van der Waals surface area contributed by atoms with Crippen LogP contribution >= 0.6 is 0 Å². The Hall–Kier alpha value is -6.08. The first-order valence-electron chi connectivity index (χ1n) is 21.1. The van der Waals surface area contributed by atoms with E-state index >= 15 is 0 Å². The molecule has 4 aliphatic heterocycles. The number of aliphatic hydroxyl groups is 2. The zero-order valence-corrected chi connectivity index (χ0v) is 35.6. The van der Waals surface area contributed by atoms with Crippen molar-refractivity contribution in [1.29, 1.82) is 0 Å². The molecule has 17 nitrogen and oxygen atoms in total. The number of carbonyl (C=O) groups is 1. The van der Waals surface area contributed by atoms with Gasteiger partial charge in [-0.1, -0.05) is 13.0 Å². The van der Waals surface area contributed by atoms with Crippen molar-refractivity contribution in [2.24, 2.45) is 11.8 Å². The second kappa shape index (κ2) is 16.5. The molecule has 3 fully saturated rings. The molecule has 4 aromatic carbocycles. The third-order valence-corrected chi connectivity index (χ3v) is 13.0. The number of carbonyl (C=O) groups excluding carboxylic acids is 1. The minimum Gasteiger partial charge on any atom is -0.502 e. The Morgan fingerprint density at radius 1 is 0.828 bits per heavy atom. The predicted molar refractivity (Wildman–Crippen MR) is 228 cm³/mol. The SMILES string of the molecule is CCc1c[nH]c(=O)c2c1[nH]c1ccc3cc(OC)ccc3c12.COc1cc([C@@H]2c3cc4c(cc3[C@@H](O[C@@H]3O[C@@H]5CO[C@@H](C)O[C@H]5[C@H](O)[C@H]3O)[C@H]3COC(=O)[C@H]23)OCO4)cc(OC)c1O. The van der Waals surface area contributed by atoms with Crippen molar-refractivity contribution in [1.82, 2.24) is 9.97 Å². The number of H-pyrrole nitrogens is 2. The number of cyclic esters (lactones) is 1. The Labute approximate surface area is 365 Å². The number of aryl methyl sites for hydroxylation is 1. The Balaban J connectivity index is 0.000000184. The first-order valence-corrected chi connectivity index (χ1v) is 21.1. The largest absolute Gasteiger partial charge is 0.502 e. The Bertz CT molecular complexity index is 2810. The normalized spacial score (nSPS) is 27.9. The van der Waals surface area contributed by atoms with Crippen LogP contribution < -0.4 is 29.2 Å². The van der Waals surface area contributed by atoms with Gasteiger partial charge in [-0.25, -0.2) is 0 Å². The number of hydrogen-bond donors (Lipinski definition) is 5. The number of aromatic hydroxyl groups is 1. The molecular formula is C47H48N2O15. The van der Waals surface area contributed by atoms with Crippen LogP contribution in [0.2, 0.25) is 0 Å². The molecule has 5 N–H and O–H groups in total. The van der Waals surface area contributed by atoms with Gasteiger partial charge in [0.1, 0.15) is 30.2 Å². The van der Waals surface area contributed by atoms with Crippen molar-refractivity contribution < 1.29 is 67.5 Å². The molecule has 1 aliphatic carbocycles. The van der Waals surface area contributed by atoms with Gasteiger partial charge in [-0.2, -0.15) is 0 Å². The smallest absolute Gasteiger partial charge is 0.310 e. The fraction of sp³-hybridized carbons (Fsp3) is 0.404.